The maximum atomic E-state index is 12.9. The Balaban J connectivity index is 4.21. The highest BCUT2D eigenvalue weighted by Gasteiger charge is 2.19. The zero-order valence-electron chi connectivity index (χ0n) is 54.3. The summed E-state index contributed by atoms with van der Waals surface area (Å²) in [5.41, 5.74) is 0. The molecule has 0 aliphatic carbocycles. The normalized spacial score (nSPS) is 12.4. The summed E-state index contributed by atoms with van der Waals surface area (Å²) in [6, 6.07) is 0. The Morgan fingerprint density at radius 3 is 0.765 bits per heavy atom. The third-order valence-corrected chi connectivity index (χ3v) is 16.0. The van der Waals surface area contributed by atoms with Crippen molar-refractivity contribution in [2.75, 3.05) is 13.2 Å². The third-order valence-electron chi connectivity index (χ3n) is 16.0. The lowest BCUT2D eigenvalue weighted by atomic mass is 10.0. The third kappa shape index (κ3) is 67.8. The minimum atomic E-state index is -0.786. The first kappa shape index (κ1) is 78.1. The predicted octanol–water partition coefficient (Wildman–Crippen LogP) is 24.7. The van der Waals surface area contributed by atoms with Gasteiger partial charge in [0.15, 0.2) is 6.10 Å². The van der Waals surface area contributed by atoms with E-state index in [-0.39, 0.29) is 31.1 Å². The lowest BCUT2D eigenvalue weighted by molar-refractivity contribution is -0.167. The summed E-state index contributed by atoms with van der Waals surface area (Å²) in [7, 11) is 0. The van der Waals surface area contributed by atoms with E-state index in [0.29, 0.717) is 19.3 Å². The van der Waals surface area contributed by atoms with E-state index in [1.807, 2.05) is 0 Å². The number of rotatable bonds is 66. The van der Waals surface area contributed by atoms with Crippen LogP contribution in [-0.4, -0.2) is 37.2 Å². The second-order valence-corrected chi connectivity index (χ2v) is 24.1. The highest BCUT2D eigenvalue weighted by Crippen LogP contribution is 2.18. The SMILES string of the molecule is CC/C=C\C/C=C\C/C=C\CCCCCCCCCC(=O)OC(COC(=O)CCCCCCC/C=C\C/C=C\CCCCCC)COC(=O)CCCCCCCCCCCCCCCCCCCCCCCCCCCCCCCC. The molecule has 1 unspecified atom stereocenters. The summed E-state index contributed by atoms with van der Waals surface area (Å²) in [4.78, 5) is 38.4. The second kappa shape index (κ2) is 69.6. The lowest BCUT2D eigenvalue weighted by Crippen LogP contribution is -2.30. The average Bonchev–Trinajstić information content (AvgIpc) is 3.47. The molecule has 0 N–H and O–H groups in total. The fourth-order valence-corrected chi connectivity index (χ4v) is 10.7. The van der Waals surface area contributed by atoms with Crippen molar-refractivity contribution in [2.24, 2.45) is 0 Å². The number of esters is 3. The summed E-state index contributed by atoms with van der Waals surface area (Å²) in [6.45, 7) is 6.55. The Morgan fingerprint density at radius 1 is 0.259 bits per heavy atom. The predicted molar refractivity (Wildman–Crippen MR) is 353 cm³/mol. The zero-order valence-corrected chi connectivity index (χ0v) is 54.3. The first-order valence-corrected chi connectivity index (χ1v) is 35.8. The number of allylic oxidation sites excluding steroid dienone is 10. The maximum absolute atomic E-state index is 12.9. The Morgan fingerprint density at radius 2 is 0.481 bits per heavy atom. The van der Waals surface area contributed by atoms with Crippen LogP contribution in [0.1, 0.15) is 380 Å². The Hall–Kier alpha value is -2.89. The molecule has 0 aliphatic rings. The molecule has 6 heteroatoms. The van der Waals surface area contributed by atoms with E-state index in [2.05, 4.69) is 81.5 Å². The fourth-order valence-electron chi connectivity index (χ4n) is 10.7. The molecule has 1 atom stereocenters. The first-order valence-electron chi connectivity index (χ1n) is 35.8. The van der Waals surface area contributed by atoms with Gasteiger partial charge < -0.3 is 14.2 Å². The van der Waals surface area contributed by atoms with Crippen LogP contribution in [0.25, 0.3) is 0 Å². The quantitative estimate of drug-likeness (QED) is 0.0261. The molecule has 81 heavy (non-hydrogen) atoms. The molecule has 0 aliphatic heterocycles. The van der Waals surface area contributed by atoms with E-state index in [0.717, 1.165) is 103 Å². The van der Waals surface area contributed by atoms with Crippen LogP contribution in [0.4, 0.5) is 0 Å². The van der Waals surface area contributed by atoms with Gasteiger partial charge in [0.1, 0.15) is 13.2 Å². The van der Waals surface area contributed by atoms with Crippen LogP contribution < -0.4 is 0 Å². The summed E-state index contributed by atoms with van der Waals surface area (Å²) in [5.74, 6) is -0.882. The van der Waals surface area contributed by atoms with Gasteiger partial charge in [-0.25, -0.2) is 0 Å². The molecule has 0 heterocycles. The standard InChI is InChI=1S/C75H136O6/c1-4-7-10-13-16-19-22-25-28-31-32-33-34-35-36-37-38-39-40-41-42-43-45-47-50-53-56-59-62-65-68-74(77)80-71-72(70-79-73(76)67-64-61-58-55-52-49-46-30-27-24-21-18-15-12-9-6-3)81-75(78)69-66-63-60-57-54-51-48-44-29-26-23-20-17-14-11-8-5-2/h8,11,17,20-21,24,26,29-30,46,72H,4-7,9-10,12-16,18-19,22-23,25,27-28,31-45,47-71H2,1-3H3/b11-8-,20-17-,24-21-,29-26-,46-30-. The van der Waals surface area contributed by atoms with Gasteiger partial charge in [-0.1, -0.05) is 338 Å². The van der Waals surface area contributed by atoms with Crippen LogP contribution in [0, 0.1) is 0 Å². The number of hydrogen-bond donors (Lipinski definition) is 0. The zero-order chi connectivity index (χ0) is 58.5. The van der Waals surface area contributed by atoms with Crippen molar-refractivity contribution in [3.05, 3.63) is 60.8 Å². The summed E-state index contributed by atoms with van der Waals surface area (Å²) >= 11 is 0. The van der Waals surface area contributed by atoms with E-state index >= 15 is 0 Å². The number of ether oxygens (including phenoxy) is 3. The molecule has 0 saturated carbocycles. The van der Waals surface area contributed by atoms with Gasteiger partial charge in [0.05, 0.1) is 0 Å². The molecule has 0 aromatic carbocycles. The van der Waals surface area contributed by atoms with Gasteiger partial charge in [-0.15, -0.1) is 0 Å². The van der Waals surface area contributed by atoms with Crippen LogP contribution in [0.15, 0.2) is 60.8 Å². The van der Waals surface area contributed by atoms with E-state index < -0.39 is 6.10 Å². The Kier molecular flexibility index (Phi) is 67.1. The molecule has 0 radical (unpaired) electrons. The van der Waals surface area contributed by atoms with Crippen molar-refractivity contribution >= 4 is 17.9 Å². The van der Waals surface area contributed by atoms with E-state index in [9.17, 15) is 14.4 Å². The van der Waals surface area contributed by atoms with Crippen LogP contribution >= 0.6 is 0 Å². The van der Waals surface area contributed by atoms with E-state index in [4.69, 9.17) is 14.2 Å². The molecule has 472 valence electrons. The number of unbranched alkanes of at least 4 members (excludes halogenated alkanes) is 45. The molecule has 0 amide bonds. The van der Waals surface area contributed by atoms with Gasteiger partial charge in [0.2, 0.25) is 0 Å². The molecular formula is C75H136O6. The maximum Gasteiger partial charge on any atom is 0.306 e. The van der Waals surface area contributed by atoms with Crippen LogP contribution in [-0.2, 0) is 28.6 Å². The molecule has 0 spiro atoms. The number of carbonyl (C=O) groups excluding carboxylic acids is 3. The lowest BCUT2D eigenvalue weighted by Gasteiger charge is -2.18. The van der Waals surface area contributed by atoms with Gasteiger partial charge in [0.25, 0.3) is 0 Å². The molecule has 0 fully saturated rings. The monoisotopic (exact) mass is 1130 g/mol. The largest absolute Gasteiger partial charge is 0.462 e. The molecule has 6 nitrogen and oxygen atoms in total. The van der Waals surface area contributed by atoms with Crippen molar-refractivity contribution in [2.45, 2.75) is 386 Å². The number of hydrogen-bond acceptors (Lipinski definition) is 6. The average molecular weight is 1130 g/mol. The summed E-state index contributed by atoms with van der Waals surface area (Å²) < 4.78 is 17.0. The fraction of sp³-hybridized carbons (Fsp3) is 0.827. The molecular weight excluding hydrogens is 997 g/mol. The molecule has 0 bridgehead atoms. The van der Waals surface area contributed by atoms with Crippen molar-refractivity contribution in [1.29, 1.82) is 0 Å². The molecule has 0 aromatic heterocycles. The van der Waals surface area contributed by atoms with Crippen molar-refractivity contribution < 1.29 is 28.6 Å². The van der Waals surface area contributed by atoms with Crippen molar-refractivity contribution in [1.82, 2.24) is 0 Å². The number of carbonyl (C=O) groups is 3. The first-order chi connectivity index (χ1) is 40.0. The van der Waals surface area contributed by atoms with Gasteiger partial charge in [0, 0.05) is 19.3 Å². The minimum Gasteiger partial charge on any atom is -0.462 e. The van der Waals surface area contributed by atoms with Gasteiger partial charge in [-0.05, 0) is 83.5 Å². The van der Waals surface area contributed by atoms with Gasteiger partial charge in [-0.3, -0.25) is 14.4 Å². The smallest absolute Gasteiger partial charge is 0.306 e. The highest BCUT2D eigenvalue weighted by atomic mass is 16.6. The van der Waals surface area contributed by atoms with Crippen molar-refractivity contribution in [3.8, 4) is 0 Å². The Bertz CT molecular complexity index is 1440. The van der Waals surface area contributed by atoms with E-state index in [1.165, 1.54) is 238 Å². The topological polar surface area (TPSA) is 78.9 Å². The van der Waals surface area contributed by atoms with Crippen LogP contribution in [0.2, 0.25) is 0 Å². The van der Waals surface area contributed by atoms with E-state index in [1.54, 1.807) is 0 Å². The highest BCUT2D eigenvalue weighted by molar-refractivity contribution is 5.71. The molecule has 0 aromatic rings. The van der Waals surface area contributed by atoms with Gasteiger partial charge in [-0.2, -0.15) is 0 Å². The van der Waals surface area contributed by atoms with Gasteiger partial charge >= 0.3 is 17.9 Å². The van der Waals surface area contributed by atoms with Crippen LogP contribution in [0.3, 0.4) is 0 Å². The minimum absolute atomic E-state index is 0.0796. The Labute approximate surface area is 504 Å². The molecule has 0 saturated heterocycles. The summed E-state index contributed by atoms with van der Waals surface area (Å²) in [5, 5.41) is 0. The second-order valence-electron chi connectivity index (χ2n) is 24.1. The molecule has 0 rings (SSSR count). The summed E-state index contributed by atoms with van der Waals surface area (Å²) in [6.07, 6.45) is 89.8. The van der Waals surface area contributed by atoms with Crippen molar-refractivity contribution in [3.63, 3.8) is 0 Å². The van der Waals surface area contributed by atoms with Crippen LogP contribution in [0.5, 0.6) is 0 Å².